The lowest BCUT2D eigenvalue weighted by molar-refractivity contribution is -0.348. The highest BCUT2D eigenvalue weighted by molar-refractivity contribution is 5.73. The molecule has 8 N–H and O–H groups in total. The molecule has 188 valence electrons. The van der Waals surface area contributed by atoms with Gasteiger partial charge in [-0.15, -0.1) is 0 Å². The molecule has 0 aromatic rings. The summed E-state index contributed by atoms with van der Waals surface area (Å²) in [5.41, 5.74) is 0. The Balaban J connectivity index is 2.12. The molecule has 0 aromatic heterocycles. The Morgan fingerprint density at radius 1 is 0.844 bits per heavy atom. The van der Waals surface area contributed by atoms with Gasteiger partial charge in [-0.2, -0.15) is 0 Å². The normalized spacial score (nSPS) is 40.2. The van der Waals surface area contributed by atoms with E-state index >= 15 is 0 Å². The first-order valence-corrected chi connectivity index (χ1v) is 10.2. The minimum absolute atomic E-state index is 0.0101. The monoisotopic (exact) mass is 471 g/mol. The summed E-state index contributed by atoms with van der Waals surface area (Å²) >= 11 is 0. The van der Waals surface area contributed by atoms with Crippen LogP contribution in [0.1, 0.15) is 6.92 Å². The van der Waals surface area contributed by atoms with Gasteiger partial charge in [0.2, 0.25) is 5.91 Å². The lowest BCUT2D eigenvalue weighted by Crippen LogP contribution is -2.67. The van der Waals surface area contributed by atoms with Gasteiger partial charge in [0, 0.05) is 6.92 Å². The maximum absolute atomic E-state index is 11.6. The van der Waals surface area contributed by atoms with Gasteiger partial charge in [0.25, 0.3) is 0 Å². The molecule has 0 radical (unpaired) electrons. The Kier molecular flexibility index (Phi) is 11.1. The molecule has 0 aliphatic carbocycles. The number of rotatable bonds is 11. The van der Waals surface area contributed by atoms with Crippen LogP contribution in [0.4, 0.5) is 0 Å². The van der Waals surface area contributed by atoms with Crippen LogP contribution in [0.25, 0.3) is 0 Å². The summed E-state index contributed by atoms with van der Waals surface area (Å²) in [5.74, 6) is -0.517. The average molecular weight is 471 g/mol. The summed E-state index contributed by atoms with van der Waals surface area (Å²) < 4.78 is 27.1. The van der Waals surface area contributed by atoms with Crippen LogP contribution in [0.2, 0.25) is 0 Å². The molecule has 2 fully saturated rings. The second-order valence-corrected chi connectivity index (χ2v) is 7.45. The summed E-state index contributed by atoms with van der Waals surface area (Å²) in [6.45, 7) is -0.105. The van der Waals surface area contributed by atoms with Crippen molar-refractivity contribution >= 4 is 5.91 Å². The highest BCUT2D eigenvalue weighted by Crippen LogP contribution is 2.29. The number of aliphatic hydroxyl groups excluding tert-OH is 7. The van der Waals surface area contributed by atoms with Crippen molar-refractivity contribution in [3.8, 4) is 0 Å². The molecule has 14 nitrogen and oxygen atoms in total. The molecule has 14 heteroatoms. The molecule has 2 aliphatic rings. The summed E-state index contributed by atoms with van der Waals surface area (Å²) in [5, 5.41) is 71.2. The number of hydrogen-bond acceptors (Lipinski definition) is 13. The molecule has 0 spiro atoms. The van der Waals surface area contributed by atoms with Crippen LogP contribution in [-0.2, 0) is 28.5 Å². The fourth-order valence-electron chi connectivity index (χ4n) is 3.49. The molecule has 0 bridgehead atoms. The van der Waals surface area contributed by atoms with Gasteiger partial charge in [0.1, 0.15) is 48.8 Å². The third-order valence-electron chi connectivity index (χ3n) is 5.11. The predicted octanol–water partition coefficient (Wildman–Crippen LogP) is -5.22. The molecule has 1 amide bonds. The second kappa shape index (κ2) is 13.0. The summed E-state index contributed by atoms with van der Waals surface area (Å²) in [4.78, 5) is 11.6. The highest BCUT2D eigenvalue weighted by atomic mass is 16.7. The molecular formula is C18H33NO13. The smallest absolute Gasteiger partial charge is 0.217 e. The van der Waals surface area contributed by atoms with E-state index in [2.05, 4.69) is 5.32 Å². The SMILES string of the molecule is CC(=O)N[C@H]1[C@@H](OCCOCCO)O[C@H](CO)[C@@H](O[C@@H]2O[C@H](CO)[C@H](O)[C@H](O)[C@H]2O)[C@@H]1O. The minimum atomic E-state index is -1.74. The minimum Gasteiger partial charge on any atom is -0.394 e. The number of carbonyl (C=O) groups excluding carboxylic acids is 1. The Morgan fingerprint density at radius 3 is 2.09 bits per heavy atom. The van der Waals surface area contributed by atoms with Crippen molar-refractivity contribution in [2.75, 3.05) is 39.6 Å². The fraction of sp³-hybridized carbons (Fsp3) is 0.944. The molecule has 2 saturated heterocycles. The molecule has 0 unspecified atom stereocenters. The summed E-state index contributed by atoms with van der Waals surface area (Å²) in [7, 11) is 0. The second-order valence-electron chi connectivity index (χ2n) is 7.45. The molecular weight excluding hydrogens is 438 g/mol. The van der Waals surface area contributed by atoms with Crippen molar-refractivity contribution in [1.82, 2.24) is 5.32 Å². The van der Waals surface area contributed by atoms with Crippen LogP contribution >= 0.6 is 0 Å². The van der Waals surface area contributed by atoms with Crippen LogP contribution in [0, 0.1) is 0 Å². The van der Waals surface area contributed by atoms with Gasteiger partial charge in [-0.1, -0.05) is 0 Å². The Hall–Kier alpha value is -1.01. The summed E-state index contributed by atoms with van der Waals surface area (Å²) in [6, 6.07) is -1.15. The molecule has 0 aromatic carbocycles. The lowest BCUT2D eigenvalue weighted by Gasteiger charge is -2.47. The van der Waals surface area contributed by atoms with Crippen LogP contribution in [0.5, 0.6) is 0 Å². The van der Waals surface area contributed by atoms with Crippen LogP contribution in [0.15, 0.2) is 0 Å². The molecule has 32 heavy (non-hydrogen) atoms. The number of aliphatic hydroxyl groups is 7. The quantitative estimate of drug-likeness (QED) is 0.132. The van der Waals surface area contributed by atoms with Crippen molar-refractivity contribution < 1.29 is 64.2 Å². The van der Waals surface area contributed by atoms with E-state index < -0.39 is 80.5 Å². The van der Waals surface area contributed by atoms with Gasteiger partial charge in [-0.3, -0.25) is 4.79 Å². The van der Waals surface area contributed by atoms with Crippen molar-refractivity contribution in [3.05, 3.63) is 0 Å². The molecule has 2 heterocycles. The molecule has 2 rings (SSSR count). The van der Waals surface area contributed by atoms with E-state index in [1.165, 1.54) is 6.92 Å². The first kappa shape index (κ1) is 27.2. The fourth-order valence-corrected chi connectivity index (χ4v) is 3.49. The van der Waals surface area contributed by atoms with Crippen molar-refractivity contribution in [1.29, 1.82) is 0 Å². The number of ether oxygens (including phenoxy) is 5. The number of nitrogens with one attached hydrogen (secondary N) is 1. The van der Waals surface area contributed by atoms with E-state index in [0.717, 1.165) is 0 Å². The van der Waals surface area contributed by atoms with Gasteiger partial charge in [-0.25, -0.2) is 0 Å². The number of hydrogen-bond donors (Lipinski definition) is 8. The largest absolute Gasteiger partial charge is 0.394 e. The molecule has 10 atom stereocenters. The van der Waals surface area contributed by atoms with Gasteiger partial charge >= 0.3 is 0 Å². The number of carbonyl (C=O) groups is 1. The standard InChI is InChI=1S/C18H33NO13/c1-8(23)19-11-13(25)16(10(7-22)31-17(11)29-5-4-28-3-2-20)32-18-15(27)14(26)12(24)9(6-21)30-18/h9-18,20-22,24-27H,2-7H2,1H3,(H,19,23)/t9-,10-,11-,12+,13-,14+,15-,16-,17+,18+/m1/s1. The van der Waals surface area contributed by atoms with E-state index in [1.807, 2.05) is 0 Å². The summed E-state index contributed by atoms with van der Waals surface area (Å²) in [6.07, 6.45) is -13.1. The van der Waals surface area contributed by atoms with Crippen LogP contribution in [0.3, 0.4) is 0 Å². The first-order valence-electron chi connectivity index (χ1n) is 10.2. The Labute approximate surface area is 184 Å². The van der Waals surface area contributed by atoms with Gasteiger partial charge < -0.3 is 64.7 Å². The third kappa shape index (κ3) is 6.75. The zero-order chi connectivity index (χ0) is 23.8. The average Bonchev–Trinajstić information content (AvgIpc) is 2.77. The van der Waals surface area contributed by atoms with Crippen LogP contribution < -0.4 is 5.32 Å². The van der Waals surface area contributed by atoms with Crippen molar-refractivity contribution in [2.45, 2.75) is 68.3 Å². The van der Waals surface area contributed by atoms with E-state index in [-0.39, 0.29) is 26.4 Å². The first-order chi connectivity index (χ1) is 15.2. The van der Waals surface area contributed by atoms with Crippen molar-refractivity contribution in [3.63, 3.8) is 0 Å². The van der Waals surface area contributed by atoms with E-state index in [1.54, 1.807) is 0 Å². The lowest BCUT2D eigenvalue weighted by atomic mass is 9.95. The Morgan fingerprint density at radius 2 is 1.50 bits per heavy atom. The maximum Gasteiger partial charge on any atom is 0.217 e. The van der Waals surface area contributed by atoms with Crippen LogP contribution in [-0.4, -0.2) is 143 Å². The molecule has 2 aliphatic heterocycles. The highest BCUT2D eigenvalue weighted by Gasteiger charge is 2.51. The maximum atomic E-state index is 11.6. The third-order valence-corrected chi connectivity index (χ3v) is 5.11. The van der Waals surface area contributed by atoms with Crippen molar-refractivity contribution in [2.24, 2.45) is 0 Å². The molecule has 0 saturated carbocycles. The van der Waals surface area contributed by atoms with E-state index in [9.17, 15) is 35.4 Å². The van der Waals surface area contributed by atoms with Gasteiger partial charge in [-0.05, 0) is 0 Å². The Bertz CT molecular complexity index is 567. The van der Waals surface area contributed by atoms with E-state index in [0.29, 0.717) is 0 Å². The van der Waals surface area contributed by atoms with E-state index in [4.69, 9.17) is 28.8 Å². The number of amides is 1. The topological polar surface area (TPSA) is 217 Å². The zero-order valence-corrected chi connectivity index (χ0v) is 17.6. The van der Waals surface area contributed by atoms with Gasteiger partial charge in [0.05, 0.1) is 39.6 Å². The van der Waals surface area contributed by atoms with Gasteiger partial charge in [0.15, 0.2) is 12.6 Å². The zero-order valence-electron chi connectivity index (χ0n) is 17.6. The predicted molar refractivity (Wildman–Crippen MR) is 102 cm³/mol.